The number of hydrogen-bond acceptors (Lipinski definition) is 29. The zero-order valence-electron chi connectivity index (χ0n) is 85.7. The third-order valence-corrected chi connectivity index (χ3v) is 31.5. The number of carboxylic acid groups (broad SMARTS) is 1. The van der Waals surface area contributed by atoms with Gasteiger partial charge in [0.05, 0.1) is 49.0 Å². The van der Waals surface area contributed by atoms with Crippen molar-refractivity contribution in [3.63, 3.8) is 0 Å². The third-order valence-electron chi connectivity index (χ3n) is 22.9. The number of carbonyl (C=O) groups is 1. The number of hydrogen-bond donors (Lipinski definition) is 9. The summed E-state index contributed by atoms with van der Waals surface area (Å²) in [7, 11) is 0. The Bertz CT molecular complexity index is 9080. The van der Waals surface area contributed by atoms with Crippen LogP contribution < -0.4 is 44.5 Å². The number of rotatable bonds is 11. The number of H-pyrrole nitrogens is 8. The highest BCUT2D eigenvalue weighted by Crippen LogP contribution is 2.39. The van der Waals surface area contributed by atoms with Gasteiger partial charge in [-0.05, 0) is 250 Å². The fraction of sp³-hybridized carbons (Fsp3) is 0.284. The van der Waals surface area contributed by atoms with Gasteiger partial charge in [-0.25, -0.2) is 59.6 Å². The Morgan fingerprint density at radius 2 is 0.762 bits per heavy atom. The minimum absolute atomic E-state index is 0.0101. The number of aromatic amines is 8. The summed E-state index contributed by atoms with van der Waals surface area (Å²) in [5.74, 6) is 2.79. The molecule has 31 nitrogen and oxygen atoms in total. The van der Waals surface area contributed by atoms with E-state index in [0.717, 1.165) is 145 Å². The van der Waals surface area contributed by atoms with Crippen LogP contribution in [-0.4, -0.2) is 116 Å². The van der Waals surface area contributed by atoms with Crippen LogP contribution in [0, 0.1) is 68.2 Å². The Balaban J connectivity index is 0.000000129. The first-order valence-corrected chi connectivity index (χ1v) is 53.0. The molecule has 0 spiro atoms. The van der Waals surface area contributed by atoms with Crippen molar-refractivity contribution in [2.45, 2.75) is 201 Å². The van der Waals surface area contributed by atoms with Crippen LogP contribution in [0.4, 0.5) is 0 Å². The van der Waals surface area contributed by atoms with E-state index < -0.39 is 5.97 Å². The second-order valence-corrected chi connectivity index (χ2v) is 47.2. The lowest BCUT2D eigenvalue weighted by Gasteiger charge is -2.14. The number of nitrogens with one attached hydrogen (secondary N) is 8. The first-order valence-electron chi connectivity index (χ1n) is 47.2. The lowest BCUT2D eigenvalue weighted by Crippen LogP contribution is -2.11. The van der Waals surface area contributed by atoms with Gasteiger partial charge in [0.1, 0.15) is 68.0 Å². The van der Waals surface area contributed by atoms with Gasteiger partial charge < -0.3 is 45.0 Å². The summed E-state index contributed by atoms with van der Waals surface area (Å²) < 4.78 is 0. The maximum absolute atomic E-state index is 12.5. The second-order valence-electron chi connectivity index (χ2n) is 40.1. The Hall–Kier alpha value is -14.8. The van der Waals surface area contributed by atoms with Gasteiger partial charge >= 0.3 is 5.97 Å². The van der Waals surface area contributed by atoms with Gasteiger partial charge in [0, 0.05) is 65.6 Å². The van der Waals surface area contributed by atoms with Crippen LogP contribution in [0.5, 0.6) is 0 Å². The van der Waals surface area contributed by atoms with Gasteiger partial charge in [-0.1, -0.05) is 122 Å². The smallest absolute Gasteiger partial charge is 0.335 e. The van der Waals surface area contributed by atoms with E-state index in [9.17, 15) is 43.2 Å². The molecule has 0 aliphatic carbocycles. The Kier molecular flexibility index (Phi) is 31.5. The van der Waals surface area contributed by atoms with Crippen molar-refractivity contribution < 1.29 is 9.90 Å². The molecule has 21 aromatic rings. The number of fused-ring (bicyclic) bond motifs is 7. The van der Waals surface area contributed by atoms with Crippen LogP contribution in [0.25, 0.3) is 152 Å². The predicted molar refractivity (Wildman–Crippen MR) is 599 cm³/mol. The van der Waals surface area contributed by atoms with E-state index >= 15 is 0 Å². The van der Waals surface area contributed by atoms with Crippen molar-refractivity contribution in [1.29, 1.82) is 0 Å². The molecule has 21 heterocycles. The summed E-state index contributed by atoms with van der Waals surface area (Å²) in [6.45, 7) is 49.7. The van der Waals surface area contributed by atoms with E-state index in [1.54, 1.807) is 75.1 Å². The summed E-state index contributed by atoms with van der Waals surface area (Å²) in [6, 6.07) is 38.3. The van der Waals surface area contributed by atoms with Gasteiger partial charge in [-0.3, -0.25) is 48.3 Å². The second kappa shape index (κ2) is 43.5. The van der Waals surface area contributed by atoms with Crippen LogP contribution in [0.3, 0.4) is 0 Å². The molecule has 0 aliphatic rings. The van der Waals surface area contributed by atoms with E-state index in [-0.39, 0.29) is 77.5 Å². The summed E-state index contributed by atoms with van der Waals surface area (Å²) in [4.78, 5) is 199. The molecule has 0 fully saturated rings. The molecule has 0 atom stereocenters. The van der Waals surface area contributed by atoms with Crippen LogP contribution in [0.2, 0.25) is 0 Å². The SMILES string of the molecule is CC(C)(C)c1cc2c(=O)[nH]c(-c3cccc(=O)[nH]3)nc2s1.CCc1c(C)sc2nc(-c3cc(C)cc(C)n3)[nH]c(=O)c12.Cc1cc(C)nc(-c2nc3sc(C(C)(C)C)cc3c(=O)[nH]2)c1.Cc1cc(C)nc(-c2nc3scc(CC(C)C)c3c(=O)[nH]2)c1.Cc1cccc(-c2nc3sc(C(C)(C)C)cc3c(=O)[nH]2)n1.Cc1cccnc1-c1nc2sc(C(C)(C)C)cc2c(=O)[nH]1.O=C(O)c1ccnc(-c2nc3sccc3c(=O)[nH]2)c1. The van der Waals surface area contributed by atoms with Gasteiger partial charge in [0.25, 0.3) is 38.9 Å². The highest BCUT2D eigenvalue weighted by atomic mass is 32.1. The predicted octanol–water partition coefficient (Wildman–Crippen LogP) is 23.0. The molecule has 21 rings (SSSR count). The average Bonchev–Trinajstić information content (AvgIpc) is 1.64. The Morgan fingerprint density at radius 3 is 1.21 bits per heavy atom. The first-order chi connectivity index (χ1) is 69.4. The Morgan fingerprint density at radius 1 is 0.354 bits per heavy atom. The molecule has 0 aliphatic heterocycles. The average molecular weight is 2100 g/mol. The maximum Gasteiger partial charge on any atom is 0.335 e. The molecule has 0 unspecified atom stereocenters. The molecule has 0 bridgehead atoms. The van der Waals surface area contributed by atoms with Crippen LogP contribution in [-0.2, 0) is 34.5 Å². The summed E-state index contributed by atoms with van der Waals surface area (Å²) in [6.07, 6.45) is 4.82. The molecule has 0 saturated heterocycles. The molecule has 754 valence electrons. The van der Waals surface area contributed by atoms with Crippen molar-refractivity contribution in [1.82, 2.24) is 105 Å². The van der Waals surface area contributed by atoms with E-state index in [1.165, 1.54) is 58.4 Å². The van der Waals surface area contributed by atoms with Crippen molar-refractivity contribution in [3.8, 4) is 80.6 Å². The van der Waals surface area contributed by atoms with E-state index in [2.05, 4.69) is 209 Å². The largest absolute Gasteiger partial charge is 0.478 e. The number of nitrogens with zero attached hydrogens (tertiary/aromatic N) is 13. The lowest BCUT2D eigenvalue weighted by atomic mass is 9.94. The Labute approximate surface area is 871 Å². The summed E-state index contributed by atoms with van der Waals surface area (Å²) in [5, 5.41) is 17.3. The van der Waals surface area contributed by atoms with Crippen LogP contribution >= 0.6 is 79.4 Å². The number of carboxylic acids is 1. The monoisotopic (exact) mass is 2100 g/mol. The summed E-state index contributed by atoms with van der Waals surface area (Å²) in [5.41, 5.74) is 13.5. The van der Waals surface area contributed by atoms with Crippen molar-refractivity contribution in [3.05, 3.63) is 319 Å². The van der Waals surface area contributed by atoms with Crippen LogP contribution in [0.15, 0.2) is 189 Å². The molecule has 0 aromatic carbocycles. The highest BCUT2D eigenvalue weighted by Gasteiger charge is 2.27. The fourth-order valence-corrected chi connectivity index (χ4v) is 22.9. The lowest BCUT2D eigenvalue weighted by molar-refractivity contribution is 0.0696. The highest BCUT2D eigenvalue weighted by molar-refractivity contribution is 7.20. The van der Waals surface area contributed by atoms with Crippen molar-refractivity contribution >= 4 is 157 Å². The molecular weight excluding hydrogens is 1990 g/mol. The standard InChI is InChI=1S/2C17H19N3OS.3C16H17N3OS.C15H15N3O2S.C12H7N3O3S/c1-9-6-10(2)18-12(7-9)14-19-15(21)11-8-13(17(3,4)5)22-16(11)20-14;1-9(2)5-12-8-22-17-14(12)16(21)19-15(20-17)13-7-10(3)6-11(4)18-13;1-9-6-5-7-17-12(9)13-18-14(20)10-8-11(16(2,3)4)21-15(10)19-13;1-9-6-5-7-11(17-9)13-18-14(20)10-8-12(16(2,3)4)21-15(10)19-13;1-5-11-10(4)21-16-13(11)15(20)18-14(19-16)12-7-8(2)6-9(3)17-12;1-15(2,3)10-7-8-13(20)17-12(18-14(8)21-10)9-5-4-6-11(19)16-9;16-10-7-2-4-19-11(7)15-9(14-10)8-5-6(12(17)18)1-3-13-8/h6-8H,1-5H3,(H,19,20,21);6-9H,5H2,1-4H3,(H,19,20,21);2*5-8H,1-4H3,(H,18,19,20);6-7H,5H2,1-4H3,(H,18,19,20);4-7H,1-3H3,(H,16,19)(H,17,18,20);1-5H,(H,17,18)(H,14,15,16). The molecule has 0 saturated carbocycles. The normalized spacial score (nSPS) is 11.7. The minimum Gasteiger partial charge on any atom is -0.478 e. The minimum atomic E-state index is -1.05. The fourth-order valence-electron chi connectivity index (χ4n) is 15.7. The quantitative estimate of drug-likeness (QED) is 0.0581. The van der Waals surface area contributed by atoms with Gasteiger partial charge in [0.2, 0.25) is 5.56 Å². The molecule has 9 N–H and O–H groups in total. The zero-order valence-corrected chi connectivity index (χ0v) is 91.4. The number of thiophene rings is 7. The summed E-state index contributed by atoms with van der Waals surface area (Å²) >= 11 is 10.7. The zero-order chi connectivity index (χ0) is 106. The van der Waals surface area contributed by atoms with Gasteiger partial charge in [-0.2, -0.15) is 0 Å². The molecule has 38 heteroatoms. The van der Waals surface area contributed by atoms with Gasteiger partial charge in [-0.15, -0.1) is 79.4 Å². The first kappa shape index (κ1) is 106. The molecule has 21 aromatic heterocycles. The molecule has 0 radical (unpaired) electrons. The van der Waals surface area contributed by atoms with E-state index in [1.807, 2.05) is 159 Å². The molecule has 147 heavy (non-hydrogen) atoms. The molecular formula is C109H111N21O10S7. The third kappa shape index (κ3) is 25.1. The van der Waals surface area contributed by atoms with Crippen molar-refractivity contribution in [2.75, 3.05) is 0 Å². The topological polar surface area (TPSA) is 468 Å². The number of aryl methyl sites for hydroxylation is 10. The van der Waals surface area contributed by atoms with Gasteiger partial charge in [0.15, 0.2) is 40.8 Å². The van der Waals surface area contributed by atoms with Crippen LogP contribution in [0.1, 0.15) is 195 Å². The molecule has 0 amide bonds. The van der Waals surface area contributed by atoms with E-state index in [4.69, 9.17) is 5.11 Å². The number of pyridine rings is 7. The maximum atomic E-state index is 12.5. The van der Waals surface area contributed by atoms with Crippen molar-refractivity contribution in [2.24, 2.45) is 5.92 Å². The van der Waals surface area contributed by atoms with E-state index in [0.29, 0.717) is 100 Å². The number of aromatic nitrogens is 21. The number of aromatic carboxylic acids is 1.